The molecule has 0 amide bonds. The van der Waals surface area contributed by atoms with Gasteiger partial charge >= 0.3 is 11.9 Å². The number of carbonyl (C=O) groups is 2. The Labute approximate surface area is 184 Å². The number of aliphatic imine (C=N–C) groups is 1. The molecule has 1 unspecified atom stereocenters. The highest BCUT2D eigenvalue weighted by atomic mass is 35.5. The molecule has 0 heterocycles. The molecule has 0 aliphatic rings. The Bertz CT molecular complexity index is 968. The van der Waals surface area contributed by atoms with Crippen molar-refractivity contribution < 1.29 is 24.2 Å². The second kappa shape index (κ2) is 10.8. The quantitative estimate of drug-likeness (QED) is 0.260. The highest BCUT2D eigenvalue weighted by Gasteiger charge is 2.20. The maximum atomic E-state index is 12.2. The number of ether oxygens (including phenoxy) is 2. The predicted octanol–water partition coefficient (Wildman–Crippen LogP) is 5.15. The average molecular weight is 450 g/mol. The van der Waals surface area contributed by atoms with Crippen LogP contribution >= 0.6 is 23.2 Å². The van der Waals surface area contributed by atoms with Gasteiger partial charge in [-0.05, 0) is 47.4 Å². The Kier molecular flexibility index (Phi) is 8.45. The molecule has 2 aromatic rings. The largest absolute Gasteiger partial charge is 0.493 e. The Morgan fingerprint density at radius 3 is 2.33 bits per heavy atom. The minimum absolute atomic E-state index is 0.0562. The van der Waals surface area contributed by atoms with Crippen LogP contribution in [-0.4, -0.2) is 36.4 Å². The zero-order valence-corrected chi connectivity index (χ0v) is 18.1. The van der Waals surface area contributed by atoms with Gasteiger partial charge in [-0.15, -0.1) is 0 Å². The average Bonchev–Trinajstić information content (AvgIpc) is 2.68. The van der Waals surface area contributed by atoms with Crippen LogP contribution in [0.4, 0.5) is 0 Å². The van der Waals surface area contributed by atoms with Gasteiger partial charge in [-0.3, -0.25) is 4.99 Å². The van der Waals surface area contributed by atoms with Gasteiger partial charge in [0.2, 0.25) is 0 Å². The van der Waals surface area contributed by atoms with E-state index < -0.39 is 18.0 Å². The summed E-state index contributed by atoms with van der Waals surface area (Å²) in [6.07, 6.45) is 4.24. The number of aliphatic carboxylic acids is 1. The Morgan fingerprint density at radius 1 is 1.10 bits per heavy atom. The zero-order valence-electron chi connectivity index (χ0n) is 16.6. The van der Waals surface area contributed by atoms with Gasteiger partial charge in [-0.1, -0.05) is 49.2 Å². The van der Waals surface area contributed by atoms with Crippen molar-refractivity contribution in [2.75, 3.05) is 7.11 Å². The summed E-state index contributed by atoms with van der Waals surface area (Å²) >= 11 is 12.1. The van der Waals surface area contributed by atoms with Crippen molar-refractivity contribution in [2.24, 2.45) is 10.9 Å². The topological polar surface area (TPSA) is 85.2 Å². The molecule has 2 rings (SSSR count). The van der Waals surface area contributed by atoms with E-state index in [0.29, 0.717) is 10.6 Å². The molecule has 0 fully saturated rings. The number of hydrogen-bond acceptors (Lipinski definition) is 5. The van der Waals surface area contributed by atoms with Crippen molar-refractivity contribution in [1.82, 2.24) is 0 Å². The maximum Gasteiger partial charge on any atom is 0.336 e. The smallest absolute Gasteiger partial charge is 0.336 e. The maximum absolute atomic E-state index is 12.2. The molecule has 0 aliphatic heterocycles. The Hall–Kier alpha value is -2.83. The molecule has 30 heavy (non-hydrogen) atoms. The minimum atomic E-state index is -1.02. The highest BCUT2D eigenvalue weighted by Crippen LogP contribution is 2.36. The molecule has 0 spiro atoms. The van der Waals surface area contributed by atoms with Crippen LogP contribution in [0.1, 0.15) is 25.0 Å². The number of methoxy groups -OCH3 is 1. The first-order chi connectivity index (χ1) is 14.2. The molecule has 1 atom stereocenters. The van der Waals surface area contributed by atoms with E-state index in [1.54, 1.807) is 50.3 Å². The lowest BCUT2D eigenvalue weighted by molar-refractivity contribution is -0.139. The third kappa shape index (κ3) is 6.61. The van der Waals surface area contributed by atoms with Gasteiger partial charge in [0.25, 0.3) is 0 Å². The Morgan fingerprint density at radius 2 is 1.77 bits per heavy atom. The van der Waals surface area contributed by atoms with E-state index in [2.05, 4.69) is 4.99 Å². The van der Waals surface area contributed by atoms with Gasteiger partial charge in [-0.25, -0.2) is 9.59 Å². The first-order valence-corrected chi connectivity index (χ1v) is 9.75. The predicted molar refractivity (Wildman–Crippen MR) is 118 cm³/mol. The Balaban J connectivity index is 2.19. The molecule has 0 saturated carbocycles. The van der Waals surface area contributed by atoms with Crippen molar-refractivity contribution in [3.8, 4) is 11.5 Å². The van der Waals surface area contributed by atoms with E-state index in [1.165, 1.54) is 25.5 Å². The van der Waals surface area contributed by atoms with Crippen molar-refractivity contribution in [2.45, 2.75) is 19.9 Å². The van der Waals surface area contributed by atoms with E-state index in [4.69, 9.17) is 32.7 Å². The lowest BCUT2D eigenvalue weighted by Gasteiger charge is -2.12. The number of rotatable bonds is 8. The van der Waals surface area contributed by atoms with E-state index in [9.17, 15) is 14.7 Å². The molecule has 0 aliphatic carbocycles. The van der Waals surface area contributed by atoms with Crippen LogP contribution in [0.2, 0.25) is 10.0 Å². The highest BCUT2D eigenvalue weighted by molar-refractivity contribution is 6.32. The number of halogens is 2. The van der Waals surface area contributed by atoms with Gasteiger partial charge in [0.05, 0.1) is 12.1 Å². The van der Waals surface area contributed by atoms with Crippen LogP contribution < -0.4 is 9.47 Å². The first-order valence-electron chi connectivity index (χ1n) is 9.00. The van der Waals surface area contributed by atoms with Crippen LogP contribution in [0.15, 0.2) is 47.5 Å². The summed E-state index contributed by atoms with van der Waals surface area (Å²) in [7, 11) is 1.40. The van der Waals surface area contributed by atoms with Crippen LogP contribution in [0.5, 0.6) is 11.5 Å². The third-order valence-corrected chi connectivity index (χ3v) is 4.54. The van der Waals surface area contributed by atoms with Crippen molar-refractivity contribution in [3.05, 3.63) is 63.6 Å². The molecular weight excluding hydrogens is 429 g/mol. The molecule has 6 nitrogen and oxygen atoms in total. The number of esters is 1. The fourth-order valence-electron chi connectivity index (χ4n) is 2.47. The molecule has 0 saturated heterocycles. The summed E-state index contributed by atoms with van der Waals surface area (Å²) in [4.78, 5) is 27.6. The molecule has 1 N–H and O–H groups in total. The minimum Gasteiger partial charge on any atom is -0.493 e. The SMILES string of the molecule is COc1cc(C=NC(C(=O)O)C(C)C)cc(Cl)c1OC(=O)/C=C/c1ccc(Cl)cc1. The summed E-state index contributed by atoms with van der Waals surface area (Å²) in [5.41, 5.74) is 1.29. The van der Waals surface area contributed by atoms with Crippen LogP contribution in [0.3, 0.4) is 0 Å². The molecule has 0 radical (unpaired) electrons. The fraction of sp³-hybridized carbons (Fsp3) is 0.227. The summed E-state index contributed by atoms with van der Waals surface area (Å²) in [6.45, 7) is 3.54. The van der Waals surface area contributed by atoms with E-state index in [1.807, 2.05) is 0 Å². The molecular formula is C22H21Cl2NO5. The normalized spacial score (nSPS) is 12.5. The van der Waals surface area contributed by atoms with Gasteiger partial charge in [0.1, 0.15) is 6.04 Å². The molecule has 0 bridgehead atoms. The molecule has 158 valence electrons. The second-order valence-electron chi connectivity index (χ2n) is 6.65. The summed E-state index contributed by atoms with van der Waals surface area (Å²) in [6, 6.07) is 9.12. The summed E-state index contributed by atoms with van der Waals surface area (Å²) < 4.78 is 10.6. The lowest BCUT2D eigenvalue weighted by Crippen LogP contribution is -2.24. The second-order valence-corrected chi connectivity index (χ2v) is 7.49. The number of nitrogens with zero attached hydrogens (tertiary/aromatic N) is 1. The number of carboxylic acids is 1. The lowest BCUT2D eigenvalue weighted by atomic mass is 10.1. The summed E-state index contributed by atoms with van der Waals surface area (Å²) in [5.74, 6) is -1.56. The molecule has 2 aromatic carbocycles. The molecule has 0 aromatic heterocycles. The van der Waals surface area contributed by atoms with Crippen molar-refractivity contribution in [3.63, 3.8) is 0 Å². The van der Waals surface area contributed by atoms with E-state index in [0.717, 1.165) is 5.56 Å². The van der Waals surface area contributed by atoms with Crippen LogP contribution in [0, 0.1) is 5.92 Å². The van der Waals surface area contributed by atoms with Gasteiger partial charge in [0, 0.05) is 17.3 Å². The summed E-state index contributed by atoms with van der Waals surface area (Å²) in [5, 5.41) is 9.95. The van der Waals surface area contributed by atoms with E-state index >= 15 is 0 Å². The van der Waals surface area contributed by atoms with E-state index in [-0.39, 0.29) is 22.4 Å². The van der Waals surface area contributed by atoms with Crippen molar-refractivity contribution >= 4 is 47.4 Å². The standard InChI is InChI=1S/C22H21Cl2NO5/c1-13(2)20(22(27)28)25-12-15-10-17(24)21(18(11-15)29-3)30-19(26)9-6-14-4-7-16(23)8-5-14/h4-13,20H,1-3H3,(H,27,28)/b9-6+,25-12?. The van der Waals surface area contributed by atoms with Crippen LogP contribution in [0.25, 0.3) is 6.08 Å². The third-order valence-electron chi connectivity index (χ3n) is 4.00. The zero-order chi connectivity index (χ0) is 22.3. The fourth-order valence-corrected chi connectivity index (χ4v) is 2.86. The van der Waals surface area contributed by atoms with Crippen LogP contribution in [-0.2, 0) is 9.59 Å². The molecule has 8 heteroatoms. The van der Waals surface area contributed by atoms with Gasteiger partial charge in [0.15, 0.2) is 11.5 Å². The number of benzene rings is 2. The number of carboxylic acid groups (broad SMARTS) is 1. The van der Waals surface area contributed by atoms with Crippen molar-refractivity contribution in [1.29, 1.82) is 0 Å². The first kappa shape index (κ1) is 23.4. The number of hydrogen-bond donors (Lipinski definition) is 1. The number of carbonyl (C=O) groups excluding carboxylic acids is 1. The van der Waals surface area contributed by atoms with Gasteiger partial charge < -0.3 is 14.6 Å². The monoisotopic (exact) mass is 449 g/mol. The van der Waals surface area contributed by atoms with Gasteiger partial charge in [-0.2, -0.15) is 0 Å².